The zero-order chi connectivity index (χ0) is 21.1. The van der Waals surface area contributed by atoms with Gasteiger partial charge in [-0.3, -0.25) is 9.59 Å². The molecule has 2 aromatic rings. The molecule has 1 aliphatic heterocycles. The van der Waals surface area contributed by atoms with Crippen LogP contribution < -0.4 is 4.74 Å². The Balaban J connectivity index is 1.12. The summed E-state index contributed by atoms with van der Waals surface area (Å²) in [5.41, 5.74) is 1.90. The molecule has 0 N–H and O–H groups in total. The molecule has 2 aromatic carbocycles. The fourth-order valence-corrected chi connectivity index (χ4v) is 5.84. The van der Waals surface area contributed by atoms with Gasteiger partial charge in [0.05, 0.1) is 18.1 Å². The first-order valence-electron chi connectivity index (χ1n) is 10.7. The molecule has 3 fully saturated rings. The van der Waals surface area contributed by atoms with Gasteiger partial charge in [-0.2, -0.15) is 10.1 Å². The molecule has 6 atom stereocenters. The van der Waals surface area contributed by atoms with Gasteiger partial charge in [0, 0.05) is 4.47 Å². The summed E-state index contributed by atoms with van der Waals surface area (Å²) in [5, 5.41) is 5.40. The highest BCUT2D eigenvalue weighted by Gasteiger charge is 2.67. The topological polar surface area (TPSA) is 59.0 Å². The Labute approximate surface area is 188 Å². The van der Waals surface area contributed by atoms with Crippen molar-refractivity contribution >= 4 is 34.0 Å². The number of halogens is 1. The molecule has 4 aliphatic carbocycles. The highest BCUT2D eigenvalue weighted by molar-refractivity contribution is 9.10. The minimum absolute atomic E-state index is 0.134. The Morgan fingerprint density at radius 2 is 1.55 bits per heavy atom. The Hall–Kier alpha value is -2.73. The average Bonchev–Trinajstić information content (AvgIpc) is 3.57. The van der Waals surface area contributed by atoms with Crippen LogP contribution in [0.4, 0.5) is 0 Å². The molecule has 2 amide bonds. The normalized spacial score (nSPS) is 32.5. The first kappa shape index (κ1) is 19.0. The van der Waals surface area contributed by atoms with E-state index in [9.17, 15) is 9.59 Å². The number of carbonyl (C=O) groups is 2. The maximum Gasteiger partial charge on any atom is 0.254 e. The number of hydrazone groups is 1. The van der Waals surface area contributed by atoms with Crippen molar-refractivity contribution in [3.8, 4) is 5.75 Å². The molecule has 0 aromatic heterocycles. The Bertz CT molecular complexity index is 1070. The van der Waals surface area contributed by atoms with E-state index < -0.39 is 0 Å². The van der Waals surface area contributed by atoms with Crippen LogP contribution in [0.25, 0.3) is 0 Å². The summed E-state index contributed by atoms with van der Waals surface area (Å²) in [6.07, 6.45) is 7.09. The van der Waals surface area contributed by atoms with Gasteiger partial charge in [0.1, 0.15) is 12.4 Å². The molecule has 156 valence electrons. The van der Waals surface area contributed by atoms with E-state index in [1.54, 1.807) is 6.21 Å². The fourth-order valence-electron chi connectivity index (χ4n) is 5.58. The quantitative estimate of drug-likeness (QED) is 0.364. The second-order valence-electron chi connectivity index (χ2n) is 8.87. The minimum Gasteiger partial charge on any atom is -0.489 e. The van der Waals surface area contributed by atoms with Gasteiger partial charge in [0.15, 0.2) is 0 Å². The smallest absolute Gasteiger partial charge is 0.254 e. The van der Waals surface area contributed by atoms with Crippen LogP contribution in [-0.2, 0) is 16.2 Å². The summed E-state index contributed by atoms with van der Waals surface area (Å²) in [6.45, 7) is 0.485. The van der Waals surface area contributed by atoms with E-state index in [2.05, 4.69) is 33.2 Å². The van der Waals surface area contributed by atoms with E-state index in [0.717, 1.165) is 32.8 Å². The number of carbonyl (C=O) groups excluding carboxylic acids is 2. The van der Waals surface area contributed by atoms with Crippen molar-refractivity contribution < 1.29 is 14.3 Å². The zero-order valence-electron chi connectivity index (χ0n) is 16.7. The molecule has 0 radical (unpaired) electrons. The number of hydrogen-bond donors (Lipinski definition) is 0. The van der Waals surface area contributed by atoms with Gasteiger partial charge in [0.25, 0.3) is 11.8 Å². The van der Waals surface area contributed by atoms with Crippen LogP contribution in [0.15, 0.2) is 70.3 Å². The van der Waals surface area contributed by atoms with Crippen molar-refractivity contribution in [2.24, 2.45) is 40.6 Å². The predicted molar refractivity (Wildman–Crippen MR) is 119 cm³/mol. The van der Waals surface area contributed by atoms with Crippen LogP contribution in [0.5, 0.6) is 5.75 Å². The summed E-state index contributed by atoms with van der Waals surface area (Å²) < 4.78 is 6.86. The maximum atomic E-state index is 13.0. The van der Waals surface area contributed by atoms with Crippen molar-refractivity contribution in [2.45, 2.75) is 13.0 Å². The number of hydrogen-bond acceptors (Lipinski definition) is 4. The molecular formula is C25H21BrN2O3. The summed E-state index contributed by atoms with van der Waals surface area (Å²) in [5.74, 6) is 1.70. The molecular weight excluding hydrogens is 456 g/mol. The van der Waals surface area contributed by atoms with E-state index in [1.807, 2.05) is 48.5 Å². The molecule has 2 bridgehead atoms. The molecule has 1 heterocycles. The van der Waals surface area contributed by atoms with E-state index >= 15 is 0 Å². The van der Waals surface area contributed by atoms with Crippen molar-refractivity contribution in [3.63, 3.8) is 0 Å². The SMILES string of the molecule is O=C1[C@@H]2[C@H]3C=C[C@@H]([C@@H]4C[C@H]34)[C@H]2C(=O)N1N=Cc1ccc(OCc2ccc(Br)cc2)cc1. The van der Waals surface area contributed by atoms with Crippen LogP contribution in [0.2, 0.25) is 0 Å². The first-order valence-corrected chi connectivity index (χ1v) is 11.5. The lowest BCUT2D eigenvalue weighted by molar-refractivity contribution is -0.140. The number of nitrogens with zero attached hydrogens (tertiary/aromatic N) is 2. The largest absolute Gasteiger partial charge is 0.489 e. The van der Waals surface area contributed by atoms with Crippen LogP contribution in [0, 0.1) is 35.5 Å². The summed E-state index contributed by atoms with van der Waals surface area (Å²) >= 11 is 3.43. The average molecular weight is 477 g/mol. The third-order valence-corrected chi connectivity index (χ3v) is 7.69. The standard InChI is InChI=1S/C25H21BrN2O3/c26-16-5-1-15(2-6-16)13-31-17-7-3-14(4-8-17)12-27-28-24(29)22-18-9-10-19(21-11-20(18)21)23(22)25(28)30/h1-10,12,18-23H,11,13H2/t18-,19-,20-,21+,22+,23+/m0/s1. The number of imide groups is 1. The van der Waals surface area contributed by atoms with Crippen LogP contribution >= 0.6 is 15.9 Å². The summed E-state index contributed by atoms with van der Waals surface area (Å²) in [4.78, 5) is 25.9. The van der Waals surface area contributed by atoms with Crippen molar-refractivity contribution in [1.29, 1.82) is 0 Å². The lowest BCUT2D eigenvalue weighted by Crippen LogP contribution is -2.40. The molecule has 2 saturated carbocycles. The molecule has 1 saturated heterocycles. The number of ether oxygens (including phenoxy) is 1. The van der Waals surface area contributed by atoms with Crippen molar-refractivity contribution in [2.75, 3.05) is 0 Å². The van der Waals surface area contributed by atoms with Gasteiger partial charge in [-0.15, -0.1) is 0 Å². The number of benzene rings is 2. The van der Waals surface area contributed by atoms with Gasteiger partial charge >= 0.3 is 0 Å². The Morgan fingerprint density at radius 1 is 0.935 bits per heavy atom. The van der Waals surface area contributed by atoms with E-state index in [0.29, 0.717) is 18.4 Å². The predicted octanol–water partition coefficient (Wildman–Crippen LogP) is 4.42. The molecule has 0 spiro atoms. The zero-order valence-corrected chi connectivity index (χ0v) is 18.3. The monoisotopic (exact) mass is 476 g/mol. The van der Waals surface area contributed by atoms with Gasteiger partial charge in [0.2, 0.25) is 0 Å². The maximum absolute atomic E-state index is 13.0. The Kier molecular flexibility index (Phi) is 4.39. The lowest BCUT2D eigenvalue weighted by Gasteiger charge is -2.37. The van der Waals surface area contributed by atoms with Crippen molar-refractivity contribution in [1.82, 2.24) is 5.01 Å². The highest BCUT2D eigenvalue weighted by atomic mass is 79.9. The first-order chi connectivity index (χ1) is 15.1. The third-order valence-electron chi connectivity index (χ3n) is 7.16. The molecule has 5 aliphatic rings. The summed E-state index contributed by atoms with van der Waals surface area (Å²) in [6, 6.07) is 15.5. The van der Waals surface area contributed by atoms with E-state index in [-0.39, 0.29) is 35.5 Å². The molecule has 5 nitrogen and oxygen atoms in total. The number of allylic oxidation sites excluding steroid dienone is 2. The second-order valence-corrected chi connectivity index (χ2v) is 9.79. The molecule has 7 rings (SSSR count). The van der Waals surface area contributed by atoms with Gasteiger partial charge in [-0.1, -0.05) is 40.2 Å². The molecule has 0 unspecified atom stereocenters. The van der Waals surface area contributed by atoms with Crippen molar-refractivity contribution in [3.05, 3.63) is 76.3 Å². The lowest BCUT2D eigenvalue weighted by atomic mass is 9.63. The van der Waals surface area contributed by atoms with Gasteiger partial charge < -0.3 is 4.74 Å². The van der Waals surface area contributed by atoms with Crippen LogP contribution in [0.1, 0.15) is 17.5 Å². The van der Waals surface area contributed by atoms with E-state index in [4.69, 9.17) is 4.74 Å². The molecule has 31 heavy (non-hydrogen) atoms. The number of amides is 2. The third kappa shape index (κ3) is 3.16. The Morgan fingerprint density at radius 3 is 2.16 bits per heavy atom. The van der Waals surface area contributed by atoms with Gasteiger partial charge in [-0.05, 0) is 77.6 Å². The molecule has 6 heteroatoms. The summed E-state index contributed by atoms with van der Waals surface area (Å²) in [7, 11) is 0. The number of rotatable bonds is 5. The minimum atomic E-state index is -0.210. The fraction of sp³-hybridized carbons (Fsp3) is 0.320. The van der Waals surface area contributed by atoms with E-state index in [1.165, 1.54) is 0 Å². The highest BCUT2D eigenvalue weighted by Crippen LogP contribution is 2.65. The van der Waals surface area contributed by atoms with Crippen LogP contribution in [0.3, 0.4) is 0 Å². The van der Waals surface area contributed by atoms with Crippen LogP contribution in [-0.4, -0.2) is 23.0 Å². The second kappa shape index (κ2) is 7.16. The van der Waals surface area contributed by atoms with Gasteiger partial charge in [-0.25, -0.2) is 0 Å².